The zero-order valence-corrected chi connectivity index (χ0v) is 11.0. The Kier molecular flexibility index (Phi) is 3.69. The summed E-state index contributed by atoms with van der Waals surface area (Å²) in [7, 11) is 0.386. The van der Waals surface area contributed by atoms with Gasteiger partial charge in [0.2, 0.25) is 0 Å². The van der Waals surface area contributed by atoms with Gasteiger partial charge in [-0.05, 0) is 17.7 Å². The summed E-state index contributed by atoms with van der Waals surface area (Å²) in [6, 6.07) is 7.19. The molecule has 1 aliphatic heterocycles. The molecule has 0 spiro atoms. The van der Waals surface area contributed by atoms with Gasteiger partial charge in [-0.3, -0.25) is 0 Å². The number of nitrogens with zero attached hydrogens (tertiary/aromatic N) is 2. The summed E-state index contributed by atoms with van der Waals surface area (Å²) in [6.45, 7) is 1.05. The number of rotatable bonds is 2. The molecule has 6 heteroatoms. The summed E-state index contributed by atoms with van der Waals surface area (Å²) in [6.07, 6.45) is 0. The van der Waals surface area contributed by atoms with E-state index in [0.29, 0.717) is 23.9 Å². The monoisotopic (exact) mass is 272 g/mol. The van der Waals surface area contributed by atoms with Crippen molar-refractivity contribution in [1.82, 2.24) is 9.21 Å². The third-order valence-corrected chi connectivity index (χ3v) is 4.22. The molecule has 1 aromatic carbocycles. The third-order valence-electron chi connectivity index (χ3n) is 2.67. The molecule has 17 heavy (non-hydrogen) atoms. The first kappa shape index (κ1) is 12.4. The molecule has 1 aliphatic rings. The average molecular weight is 273 g/mol. The van der Waals surface area contributed by atoms with E-state index in [1.807, 2.05) is 12.1 Å². The van der Waals surface area contributed by atoms with Crippen LogP contribution in [0.4, 0.5) is 4.79 Å². The van der Waals surface area contributed by atoms with E-state index in [9.17, 15) is 9.00 Å². The maximum absolute atomic E-state index is 11.8. The highest BCUT2D eigenvalue weighted by Gasteiger charge is 2.27. The van der Waals surface area contributed by atoms with Crippen LogP contribution in [0.15, 0.2) is 24.3 Å². The second-order valence-corrected chi connectivity index (χ2v) is 5.89. The molecule has 1 heterocycles. The molecule has 0 radical (unpaired) electrons. The van der Waals surface area contributed by atoms with E-state index in [1.54, 1.807) is 24.1 Å². The van der Waals surface area contributed by atoms with Crippen LogP contribution in [0.5, 0.6) is 0 Å². The highest BCUT2D eigenvalue weighted by molar-refractivity contribution is 7.83. The summed E-state index contributed by atoms with van der Waals surface area (Å²) in [4.78, 5) is 13.5. The highest BCUT2D eigenvalue weighted by atomic mass is 35.5. The predicted octanol–water partition coefficient (Wildman–Crippen LogP) is 1.87. The third kappa shape index (κ3) is 2.79. The minimum Gasteiger partial charge on any atom is -0.319 e. The van der Waals surface area contributed by atoms with Crippen LogP contribution >= 0.6 is 11.6 Å². The Balaban J connectivity index is 2.06. The van der Waals surface area contributed by atoms with E-state index in [-0.39, 0.29) is 6.03 Å². The van der Waals surface area contributed by atoms with Crippen LogP contribution in [0.2, 0.25) is 5.02 Å². The normalized spacial score (nSPS) is 20.8. The zero-order chi connectivity index (χ0) is 12.4. The van der Waals surface area contributed by atoms with Crippen LogP contribution in [-0.2, 0) is 17.5 Å². The Morgan fingerprint density at radius 3 is 2.65 bits per heavy atom. The van der Waals surface area contributed by atoms with Crippen molar-refractivity contribution in [2.45, 2.75) is 6.54 Å². The Bertz CT molecular complexity index is 449. The van der Waals surface area contributed by atoms with E-state index >= 15 is 0 Å². The molecule has 2 rings (SSSR count). The second kappa shape index (κ2) is 5.06. The Hall–Kier alpha value is -1.07. The number of urea groups is 1. The van der Waals surface area contributed by atoms with Gasteiger partial charge in [-0.15, -0.1) is 0 Å². The number of halogens is 1. The number of benzene rings is 1. The molecule has 4 nitrogen and oxygen atoms in total. The summed E-state index contributed by atoms with van der Waals surface area (Å²) in [5.41, 5.74) is 1.02. The lowest BCUT2D eigenvalue weighted by Crippen LogP contribution is -2.49. The number of hydrogen-bond donors (Lipinski definition) is 0. The van der Waals surface area contributed by atoms with Gasteiger partial charge >= 0.3 is 6.03 Å². The molecule has 0 N–H and O–H groups in total. The Morgan fingerprint density at radius 1 is 1.35 bits per heavy atom. The topological polar surface area (TPSA) is 40.6 Å². The fourth-order valence-electron chi connectivity index (χ4n) is 1.66. The van der Waals surface area contributed by atoms with E-state index in [1.165, 1.54) is 4.31 Å². The zero-order valence-electron chi connectivity index (χ0n) is 9.43. The second-order valence-electron chi connectivity index (χ2n) is 3.85. The van der Waals surface area contributed by atoms with Crippen LogP contribution in [0, 0.1) is 0 Å². The maximum atomic E-state index is 11.8. The lowest BCUT2D eigenvalue weighted by Gasteiger charge is -2.32. The van der Waals surface area contributed by atoms with Crippen molar-refractivity contribution in [2.75, 3.05) is 19.3 Å². The van der Waals surface area contributed by atoms with Crippen LogP contribution in [-0.4, -0.2) is 38.8 Å². The molecule has 0 aromatic heterocycles. The minimum atomic E-state index is -1.18. The number of carbonyl (C=O) groups excluding carboxylic acids is 1. The lowest BCUT2D eigenvalue weighted by atomic mass is 10.2. The van der Waals surface area contributed by atoms with Crippen molar-refractivity contribution in [3.8, 4) is 0 Å². The molecule has 1 atom stereocenters. The largest absolute Gasteiger partial charge is 0.331 e. The standard InChI is InChI=1S/C11H13ClN2O2S/c1-13-11(15)14(6-7-17(13)16)8-9-2-4-10(12)5-3-9/h2-5H,6-8H2,1H3. The molecule has 0 aliphatic carbocycles. The van der Waals surface area contributed by atoms with Crippen molar-refractivity contribution in [3.63, 3.8) is 0 Å². The van der Waals surface area contributed by atoms with E-state index in [0.717, 1.165) is 5.56 Å². The van der Waals surface area contributed by atoms with Gasteiger partial charge in [0.05, 0.1) is 5.75 Å². The lowest BCUT2D eigenvalue weighted by molar-refractivity contribution is 0.180. The fourth-order valence-corrected chi connectivity index (χ4v) is 2.73. The van der Waals surface area contributed by atoms with Gasteiger partial charge in [0, 0.05) is 25.2 Å². The first-order valence-electron chi connectivity index (χ1n) is 5.23. The van der Waals surface area contributed by atoms with Gasteiger partial charge in [0.1, 0.15) is 11.0 Å². The molecule has 1 aromatic rings. The van der Waals surface area contributed by atoms with Gasteiger partial charge < -0.3 is 4.90 Å². The molecule has 2 amide bonds. The van der Waals surface area contributed by atoms with Crippen molar-refractivity contribution < 1.29 is 9.00 Å². The van der Waals surface area contributed by atoms with E-state index in [4.69, 9.17) is 11.6 Å². The van der Waals surface area contributed by atoms with Crippen LogP contribution in [0.25, 0.3) is 0 Å². The maximum Gasteiger partial charge on any atom is 0.331 e. The first-order valence-corrected chi connectivity index (χ1v) is 6.89. The number of carbonyl (C=O) groups is 1. The van der Waals surface area contributed by atoms with Crippen molar-refractivity contribution in [3.05, 3.63) is 34.9 Å². The molecule has 0 saturated carbocycles. The van der Waals surface area contributed by atoms with Crippen molar-refractivity contribution in [2.24, 2.45) is 0 Å². The van der Waals surface area contributed by atoms with Crippen LogP contribution in [0.1, 0.15) is 5.56 Å². The molecule has 1 unspecified atom stereocenters. The predicted molar refractivity (Wildman–Crippen MR) is 68.0 cm³/mol. The van der Waals surface area contributed by atoms with Gasteiger partial charge in [0.25, 0.3) is 0 Å². The molecule has 1 fully saturated rings. The Labute approximate surface area is 108 Å². The molecular formula is C11H13ClN2O2S. The summed E-state index contributed by atoms with van der Waals surface area (Å²) in [5, 5.41) is 0.678. The smallest absolute Gasteiger partial charge is 0.319 e. The molecular weight excluding hydrogens is 260 g/mol. The minimum absolute atomic E-state index is 0.190. The number of amides is 2. The van der Waals surface area contributed by atoms with E-state index in [2.05, 4.69) is 0 Å². The first-order chi connectivity index (χ1) is 8.08. The van der Waals surface area contributed by atoms with Gasteiger partial charge in [-0.25, -0.2) is 13.3 Å². The summed E-state index contributed by atoms with van der Waals surface area (Å²) < 4.78 is 12.7. The molecule has 1 saturated heterocycles. The van der Waals surface area contributed by atoms with Crippen LogP contribution in [0.3, 0.4) is 0 Å². The van der Waals surface area contributed by atoms with Crippen molar-refractivity contribution in [1.29, 1.82) is 0 Å². The van der Waals surface area contributed by atoms with Gasteiger partial charge in [-0.2, -0.15) is 0 Å². The Morgan fingerprint density at radius 2 is 2.00 bits per heavy atom. The van der Waals surface area contributed by atoms with Crippen LogP contribution < -0.4 is 0 Å². The number of hydrogen-bond acceptors (Lipinski definition) is 2. The van der Waals surface area contributed by atoms with Crippen molar-refractivity contribution >= 4 is 28.6 Å². The summed E-state index contributed by atoms with van der Waals surface area (Å²) >= 11 is 5.80. The summed E-state index contributed by atoms with van der Waals surface area (Å²) in [5.74, 6) is 0.496. The molecule has 92 valence electrons. The highest BCUT2D eigenvalue weighted by Crippen LogP contribution is 2.15. The van der Waals surface area contributed by atoms with Gasteiger partial charge in [-0.1, -0.05) is 23.7 Å². The molecule has 0 bridgehead atoms. The van der Waals surface area contributed by atoms with E-state index < -0.39 is 11.0 Å². The van der Waals surface area contributed by atoms with Gasteiger partial charge in [0.15, 0.2) is 0 Å². The fraction of sp³-hybridized carbons (Fsp3) is 0.364. The average Bonchev–Trinajstić information content (AvgIpc) is 2.33. The SMILES string of the molecule is CN1C(=O)N(Cc2ccc(Cl)cc2)CCS1=O. The quantitative estimate of drug-likeness (QED) is 0.825.